The van der Waals surface area contributed by atoms with Gasteiger partial charge < -0.3 is 9.15 Å². The number of ketones is 1. The summed E-state index contributed by atoms with van der Waals surface area (Å²) in [4.78, 5) is 35.5. The van der Waals surface area contributed by atoms with Crippen molar-refractivity contribution in [2.24, 2.45) is 0 Å². The number of halogens is 1. The van der Waals surface area contributed by atoms with E-state index in [9.17, 15) is 19.7 Å². The second kappa shape index (κ2) is 7.96. The molecule has 3 rings (SSSR count). The summed E-state index contributed by atoms with van der Waals surface area (Å²) in [6, 6.07) is 16.5. The van der Waals surface area contributed by atoms with Gasteiger partial charge in [0.25, 0.3) is 5.69 Å². The standard InChI is InChI=1S/C19H12BrNO6/c20-16-11-10-15(26-16)19(23)27-18(17(22)12-4-2-1-3-5-12)13-6-8-14(9-7-13)21(24)25/h1-11,18H/t18-/m1/s1. The Morgan fingerprint density at radius 2 is 1.67 bits per heavy atom. The Labute approximate surface area is 161 Å². The largest absolute Gasteiger partial charge is 0.443 e. The zero-order valence-corrected chi connectivity index (χ0v) is 15.3. The van der Waals surface area contributed by atoms with E-state index in [1.807, 2.05) is 0 Å². The Kier molecular flexibility index (Phi) is 5.46. The fourth-order valence-electron chi connectivity index (χ4n) is 2.39. The Morgan fingerprint density at radius 1 is 1.00 bits per heavy atom. The van der Waals surface area contributed by atoms with Crippen molar-refractivity contribution in [2.75, 3.05) is 0 Å². The van der Waals surface area contributed by atoms with E-state index in [1.165, 1.54) is 36.4 Å². The summed E-state index contributed by atoms with van der Waals surface area (Å²) < 4.78 is 10.9. The van der Waals surface area contributed by atoms with E-state index in [2.05, 4.69) is 15.9 Å². The smallest absolute Gasteiger partial charge is 0.375 e. The highest BCUT2D eigenvalue weighted by molar-refractivity contribution is 9.10. The topological polar surface area (TPSA) is 99.7 Å². The van der Waals surface area contributed by atoms with Gasteiger partial charge in [-0.1, -0.05) is 30.3 Å². The highest BCUT2D eigenvalue weighted by Gasteiger charge is 2.28. The third-order valence-electron chi connectivity index (χ3n) is 3.70. The van der Waals surface area contributed by atoms with Gasteiger partial charge in [0.1, 0.15) is 0 Å². The molecule has 27 heavy (non-hydrogen) atoms. The molecule has 0 radical (unpaired) electrons. The molecule has 2 aromatic carbocycles. The number of benzene rings is 2. The van der Waals surface area contributed by atoms with Crippen molar-refractivity contribution in [1.29, 1.82) is 0 Å². The first kappa shape index (κ1) is 18.5. The molecule has 0 spiro atoms. The van der Waals surface area contributed by atoms with Crippen molar-refractivity contribution in [3.05, 3.63) is 98.4 Å². The molecular weight excluding hydrogens is 418 g/mol. The number of esters is 1. The van der Waals surface area contributed by atoms with E-state index in [0.29, 0.717) is 15.8 Å². The highest BCUT2D eigenvalue weighted by Crippen LogP contribution is 2.26. The quantitative estimate of drug-likeness (QED) is 0.243. The Bertz CT molecular complexity index is 981. The number of nitro groups is 1. The van der Waals surface area contributed by atoms with Gasteiger partial charge in [-0.25, -0.2) is 4.79 Å². The maximum Gasteiger partial charge on any atom is 0.375 e. The predicted octanol–water partition coefficient (Wildman–Crippen LogP) is 4.73. The van der Waals surface area contributed by atoms with E-state index >= 15 is 0 Å². The number of non-ortho nitro benzene ring substituents is 1. The molecule has 0 amide bonds. The summed E-state index contributed by atoms with van der Waals surface area (Å²) in [5.74, 6) is -1.36. The predicted molar refractivity (Wildman–Crippen MR) is 98.4 cm³/mol. The van der Waals surface area contributed by atoms with E-state index < -0.39 is 22.8 Å². The Morgan fingerprint density at radius 3 is 2.22 bits per heavy atom. The zero-order valence-electron chi connectivity index (χ0n) is 13.7. The lowest BCUT2D eigenvalue weighted by molar-refractivity contribution is -0.384. The number of hydrogen-bond acceptors (Lipinski definition) is 6. The normalized spacial score (nSPS) is 11.6. The zero-order chi connectivity index (χ0) is 19.4. The van der Waals surface area contributed by atoms with Crippen molar-refractivity contribution in [3.8, 4) is 0 Å². The number of carbonyl (C=O) groups excluding carboxylic acids is 2. The molecule has 136 valence electrons. The van der Waals surface area contributed by atoms with Crippen LogP contribution in [0.25, 0.3) is 0 Å². The Balaban J connectivity index is 1.94. The molecular formula is C19H12BrNO6. The average Bonchev–Trinajstić information content (AvgIpc) is 3.13. The number of hydrogen-bond donors (Lipinski definition) is 0. The Hall–Kier alpha value is -3.26. The molecule has 1 aromatic heterocycles. The van der Waals surface area contributed by atoms with Crippen molar-refractivity contribution in [2.45, 2.75) is 6.10 Å². The molecule has 0 fully saturated rings. The van der Waals surface area contributed by atoms with Gasteiger partial charge in [-0.05, 0) is 40.2 Å². The van der Waals surface area contributed by atoms with Gasteiger partial charge in [-0.2, -0.15) is 0 Å². The van der Waals surface area contributed by atoms with Gasteiger partial charge in [-0.15, -0.1) is 0 Å². The third-order valence-corrected chi connectivity index (χ3v) is 4.13. The van der Waals surface area contributed by atoms with E-state index in [-0.39, 0.29) is 11.4 Å². The van der Waals surface area contributed by atoms with Crippen LogP contribution < -0.4 is 0 Å². The van der Waals surface area contributed by atoms with E-state index in [4.69, 9.17) is 9.15 Å². The van der Waals surface area contributed by atoms with Gasteiger partial charge in [0.2, 0.25) is 11.5 Å². The third kappa shape index (κ3) is 4.29. The van der Waals surface area contributed by atoms with Crippen LogP contribution in [-0.2, 0) is 4.74 Å². The minimum Gasteiger partial charge on any atom is -0.443 e. The van der Waals surface area contributed by atoms with Crippen LogP contribution in [0.5, 0.6) is 0 Å². The van der Waals surface area contributed by atoms with Crippen LogP contribution in [0.4, 0.5) is 5.69 Å². The first-order valence-corrected chi connectivity index (χ1v) is 8.55. The van der Waals surface area contributed by atoms with Gasteiger partial charge in [0, 0.05) is 23.3 Å². The summed E-state index contributed by atoms with van der Waals surface area (Å²) in [6.07, 6.45) is -1.27. The monoisotopic (exact) mass is 429 g/mol. The highest BCUT2D eigenvalue weighted by atomic mass is 79.9. The molecule has 0 aliphatic heterocycles. The lowest BCUT2D eigenvalue weighted by atomic mass is 9.99. The molecule has 3 aromatic rings. The summed E-state index contributed by atoms with van der Waals surface area (Å²) >= 11 is 3.09. The second-order valence-electron chi connectivity index (χ2n) is 5.47. The van der Waals surface area contributed by atoms with Gasteiger partial charge in [-0.3, -0.25) is 14.9 Å². The lowest BCUT2D eigenvalue weighted by Gasteiger charge is -2.16. The fraction of sp³-hybridized carbons (Fsp3) is 0.0526. The maximum atomic E-state index is 12.9. The van der Waals surface area contributed by atoms with Crippen LogP contribution in [0.3, 0.4) is 0 Å². The second-order valence-corrected chi connectivity index (χ2v) is 6.25. The number of ether oxygens (including phenoxy) is 1. The van der Waals surface area contributed by atoms with Crippen molar-refractivity contribution in [1.82, 2.24) is 0 Å². The summed E-state index contributed by atoms with van der Waals surface area (Å²) in [5.41, 5.74) is 0.522. The first-order chi connectivity index (χ1) is 13.0. The van der Waals surface area contributed by atoms with Gasteiger partial charge in [0.05, 0.1) is 4.92 Å². The molecule has 8 heteroatoms. The van der Waals surface area contributed by atoms with Crippen LogP contribution >= 0.6 is 15.9 Å². The first-order valence-electron chi connectivity index (χ1n) is 7.75. The van der Waals surface area contributed by atoms with Crippen LogP contribution in [0.2, 0.25) is 0 Å². The minimum absolute atomic E-state index is 0.0744. The summed E-state index contributed by atoms with van der Waals surface area (Å²) in [6.45, 7) is 0. The molecule has 0 unspecified atom stereocenters. The number of Topliss-reactive ketones (excluding diaryl/α,β-unsaturated/α-hetero) is 1. The molecule has 7 nitrogen and oxygen atoms in total. The molecule has 0 N–H and O–H groups in total. The van der Waals surface area contributed by atoms with Crippen molar-refractivity contribution < 1.29 is 23.7 Å². The molecule has 1 atom stereocenters. The van der Waals surface area contributed by atoms with E-state index in [1.54, 1.807) is 30.3 Å². The van der Waals surface area contributed by atoms with Crippen LogP contribution in [0.1, 0.15) is 32.6 Å². The molecule has 0 aliphatic carbocycles. The van der Waals surface area contributed by atoms with Crippen molar-refractivity contribution in [3.63, 3.8) is 0 Å². The van der Waals surface area contributed by atoms with Crippen LogP contribution in [0, 0.1) is 10.1 Å². The summed E-state index contributed by atoms with van der Waals surface area (Å²) in [7, 11) is 0. The molecule has 0 aliphatic rings. The minimum atomic E-state index is -1.27. The molecule has 0 bridgehead atoms. The molecule has 1 heterocycles. The number of nitro benzene ring substituents is 1. The number of nitrogens with zero attached hydrogens (tertiary/aromatic N) is 1. The maximum absolute atomic E-state index is 12.9. The van der Waals surface area contributed by atoms with Crippen molar-refractivity contribution >= 4 is 33.4 Å². The van der Waals surface area contributed by atoms with Gasteiger partial charge >= 0.3 is 5.97 Å². The van der Waals surface area contributed by atoms with Gasteiger partial charge in [0.15, 0.2) is 10.8 Å². The lowest BCUT2D eigenvalue weighted by Crippen LogP contribution is -2.20. The van der Waals surface area contributed by atoms with E-state index in [0.717, 1.165) is 0 Å². The van der Waals surface area contributed by atoms with Crippen LogP contribution in [-0.4, -0.2) is 16.7 Å². The number of rotatable bonds is 6. The number of carbonyl (C=O) groups is 2. The SMILES string of the molecule is O=C(O[C@@H](C(=O)c1ccccc1)c1ccc([N+](=O)[O-])cc1)c1ccc(Br)o1. The molecule has 0 saturated heterocycles. The average molecular weight is 430 g/mol. The molecule has 0 saturated carbocycles. The van der Waals surface area contributed by atoms with Crippen LogP contribution in [0.15, 0.2) is 75.8 Å². The fourth-order valence-corrected chi connectivity index (χ4v) is 2.69. The number of furan rings is 1. The summed E-state index contributed by atoms with van der Waals surface area (Å²) in [5, 5.41) is 10.8.